The molecule has 0 atom stereocenters. The fraction of sp³-hybridized carbons (Fsp3) is 0.368. The van der Waals surface area contributed by atoms with Crippen LogP contribution in [0.5, 0.6) is 0 Å². The molecule has 0 radical (unpaired) electrons. The van der Waals surface area contributed by atoms with Crippen LogP contribution in [0.4, 0.5) is 5.69 Å². The van der Waals surface area contributed by atoms with Crippen LogP contribution in [0.15, 0.2) is 41.2 Å². The molecular weight excluding hydrogens is 332 g/mol. The SMILES string of the molecule is CCN(CC)C(=O)Cn1nc(C(=O)N2CCc3ccccc32)ccc1=O. The van der Waals surface area contributed by atoms with E-state index in [1.807, 2.05) is 38.1 Å². The van der Waals surface area contributed by atoms with Crippen molar-refractivity contribution in [2.75, 3.05) is 24.5 Å². The van der Waals surface area contributed by atoms with Gasteiger partial charge in [0, 0.05) is 31.4 Å². The molecule has 0 fully saturated rings. The number of benzene rings is 1. The molecule has 0 spiro atoms. The van der Waals surface area contributed by atoms with Crippen molar-refractivity contribution >= 4 is 17.5 Å². The Morgan fingerprint density at radius 3 is 2.58 bits per heavy atom. The summed E-state index contributed by atoms with van der Waals surface area (Å²) >= 11 is 0. The van der Waals surface area contributed by atoms with Crippen LogP contribution in [-0.2, 0) is 17.8 Å². The largest absolute Gasteiger partial charge is 0.342 e. The minimum Gasteiger partial charge on any atom is -0.342 e. The Kier molecular flexibility index (Phi) is 5.16. The Morgan fingerprint density at radius 1 is 1.12 bits per heavy atom. The zero-order chi connectivity index (χ0) is 18.7. The molecule has 0 aliphatic carbocycles. The molecule has 2 amide bonds. The van der Waals surface area contributed by atoms with Gasteiger partial charge in [-0.25, -0.2) is 4.68 Å². The van der Waals surface area contributed by atoms with Crippen LogP contribution >= 0.6 is 0 Å². The van der Waals surface area contributed by atoms with E-state index in [1.54, 1.807) is 9.80 Å². The number of rotatable bonds is 5. The number of amides is 2. The van der Waals surface area contributed by atoms with E-state index in [2.05, 4.69) is 5.10 Å². The van der Waals surface area contributed by atoms with Gasteiger partial charge in [-0.3, -0.25) is 14.4 Å². The highest BCUT2D eigenvalue weighted by atomic mass is 16.2. The molecule has 0 unspecified atom stereocenters. The summed E-state index contributed by atoms with van der Waals surface area (Å²) in [7, 11) is 0. The molecule has 1 aromatic carbocycles. The molecule has 2 aromatic rings. The number of para-hydroxylation sites is 1. The molecular formula is C19H22N4O3. The van der Waals surface area contributed by atoms with E-state index >= 15 is 0 Å². The maximum atomic E-state index is 12.9. The van der Waals surface area contributed by atoms with Crippen molar-refractivity contribution in [1.29, 1.82) is 0 Å². The van der Waals surface area contributed by atoms with Crippen molar-refractivity contribution in [3.05, 3.63) is 58.0 Å². The van der Waals surface area contributed by atoms with Gasteiger partial charge in [0.15, 0.2) is 0 Å². The van der Waals surface area contributed by atoms with E-state index in [9.17, 15) is 14.4 Å². The molecule has 1 aromatic heterocycles. The van der Waals surface area contributed by atoms with Crippen molar-refractivity contribution in [2.45, 2.75) is 26.8 Å². The second-order valence-electron chi connectivity index (χ2n) is 6.12. The molecule has 7 nitrogen and oxygen atoms in total. The molecule has 0 bridgehead atoms. The van der Waals surface area contributed by atoms with Gasteiger partial charge in [0.25, 0.3) is 11.5 Å². The summed E-state index contributed by atoms with van der Waals surface area (Å²) in [6.45, 7) is 5.29. The summed E-state index contributed by atoms with van der Waals surface area (Å²) in [5.74, 6) is -0.459. The maximum absolute atomic E-state index is 12.9. The normalized spacial score (nSPS) is 12.8. The van der Waals surface area contributed by atoms with E-state index < -0.39 is 5.56 Å². The minimum atomic E-state index is -0.399. The Bertz CT molecular complexity index is 886. The third-order valence-electron chi connectivity index (χ3n) is 4.62. The summed E-state index contributed by atoms with van der Waals surface area (Å²) < 4.78 is 1.07. The second-order valence-corrected chi connectivity index (χ2v) is 6.12. The van der Waals surface area contributed by atoms with Crippen molar-refractivity contribution in [1.82, 2.24) is 14.7 Å². The lowest BCUT2D eigenvalue weighted by Gasteiger charge is -2.19. The summed E-state index contributed by atoms with van der Waals surface area (Å²) in [4.78, 5) is 40.5. The van der Waals surface area contributed by atoms with Gasteiger partial charge in [-0.2, -0.15) is 5.10 Å². The Morgan fingerprint density at radius 2 is 1.85 bits per heavy atom. The number of carbonyl (C=O) groups is 2. The number of carbonyl (C=O) groups excluding carboxylic acids is 2. The van der Waals surface area contributed by atoms with Crippen LogP contribution in [0, 0.1) is 0 Å². The predicted octanol–water partition coefficient (Wildman–Crippen LogP) is 1.31. The molecule has 2 heterocycles. The highest BCUT2D eigenvalue weighted by Gasteiger charge is 2.26. The zero-order valence-electron chi connectivity index (χ0n) is 15.0. The molecule has 0 saturated heterocycles. The fourth-order valence-electron chi connectivity index (χ4n) is 3.17. The van der Waals surface area contributed by atoms with Crippen molar-refractivity contribution in [2.24, 2.45) is 0 Å². The molecule has 26 heavy (non-hydrogen) atoms. The smallest absolute Gasteiger partial charge is 0.278 e. The van der Waals surface area contributed by atoms with Gasteiger partial charge in [-0.15, -0.1) is 0 Å². The van der Waals surface area contributed by atoms with E-state index in [1.165, 1.54) is 12.1 Å². The highest BCUT2D eigenvalue weighted by Crippen LogP contribution is 2.28. The van der Waals surface area contributed by atoms with Gasteiger partial charge in [0.05, 0.1) is 0 Å². The number of fused-ring (bicyclic) bond motifs is 1. The quantitative estimate of drug-likeness (QED) is 0.811. The molecule has 0 N–H and O–H groups in total. The average molecular weight is 354 g/mol. The van der Waals surface area contributed by atoms with E-state index in [0.717, 1.165) is 22.4 Å². The van der Waals surface area contributed by atoms with Crippen LogP contribution < -0.4 is 10.5 Å². The van der Waals surface area contributed by atoms with Gasteiger partial charge in [0.2, 0.25) is 5.91 Å². The topological polar surface area (TPSA) is 75.5 Å². The van der Waals surface area contributed by atoms with Gasteiger partial charge >= 0.3 is 0 Å². The molecule has 7 heteroatoms. The van der Waals surface area contributed by atoms with Crippen molar-refractivity contribution in [3.8, 4) is 0 Å². The minimum absolute atomic E-state index is 0.161. The van der Waals surface area contributed by atoms with Crippen molar-refractivity contribution in [3.63, 3.8) is 0 Å². The second kappa shape index (κ2) is 7.51. The first-order valence-corrected chi connectivity index (χ1v) is 8.80. The van der Waals surface area contributed by atoms with E-state index in [4.69, 9.17) is 0 Å². The van der Waals surface area contributed by atoms with Crippen LogP contribution in [0.3, 0.4) is 0 Å². The van der Waals surface area contributed by atoms with Crippen LogP contribution in [-0.4, -0.2) is 46.1 Å². The first-order chi connectivity index (χ1) is 12.5. The standard InChI is InChI=1S/C19H22N4O3/c1-3-21(4-2)18(25)13-23-17(24)10-9-15(20-23)19(26)22-12-11-14-7-5-6-8-16(14)22/h5-10H,3-4,11-13H2,1-2H3. The van der Waals surface area contributed by atoms with E-state index in [-0.39, 0.29) is 24.1 Å². The van der Waals surface area contributed by atoms with Crippen LogP contribution in [0.2, 0.25) is 0 Å². The fourth-order valence-corrected chi connectivity index (χ4v) is 3.17. The Hall–Kier alpha value is -2.96. The maximum Gasteiger partial charge on any atom is 0.278 e. The number of anilines is 1. The Balaban J connectivity index is 1.85. The number of likely N-dealkylation sites (N-methyl/N-ethyl adjacent to an activating group) is 1. The lowest BCUT2D eigenvalue weighted by atomic mass is 10.2. The lowest BCUT2D eigenvalue weighted by Crippen LogP contribution is -2.38. The molecule has 1 aliphatic heterocycles. The van der Waals surface area contributed by atoms with Gasteiger partial charge in [-0.1, -0.05) is 18.2 Å². The zero-order valence-corrected chi connectivity index (χ0v) is 15.0. The molecule has 0 saturated carbocycles. The molecule has 3 rings (SSSR count). The molecule has 1 aliphatic rings. The van der Waals surface area contributed by atoms with Gasteiger partial charge in [-0.05, 0) is 38.0 Å². The summed E-state index contributed by atoms with van der Waals surface area (Å²) in [5.41, 5.74) is 1.75. The van der Waals surface area contributed by atoms with E-state index in [0.29, 0.717) is 19.6 Å². The van der Waals surface area contributed by atoms with Crippen LogP contribution in [0.25, 0.3) is 0 Å². The monoisotopic (exact) mass is 354 g/mol. The number of nitrogens with zero attached hydrogens (tertiary/aromatic N) is 4. The van der Waals surface area contributed by atoms with Gasteiger partial charge in [0.1, 0.15) is 12.2 Å². The summed E-state index contributed by atoms with van der Waals surface area (Å²) in [5, 5.41) is 4.15. The first-order valence-electron chi connectivity index (χ1n) is 8.80. The Labute approximate surface area is 151 Å². The highest BCUT2D eigenvalue weighted by molar-refractivity contribution is 6.05. The lowest BCUT2D eigenvalue weighted by molar-refractivity contribution is -0.131. The van der Waals surface area contributed by atoms with Crippen LogP contribution in [0.1, 0.15) is 29.9 Å². The predicted molar refractivity (Wildman–Crippen MR) is 98.2 cm³/mol. The van der Waals surface area contributed by atoms with Crippen molar-refractivity contribution < 1.29 is 9.59 Å². The number of hydrogen-bond donors (Lipinski definition) is 0. The summed E-state index contributed by atoms with van der Waals surface area (Å²) in [6, 6.07) is 10.5. The average Bonchev–Trinajstić information content (AvgIpc) is 3.08. The third-order valence-corrected chi connectivity index (χ3v) is 4.62. The number of aromatic nitrogens is 2. The van der Waals surface area contributed by atoms with Gasteiger partial charge < -0.3 is 9.80 Å². The molecule has 136 valence electrons. The number of hydrogen-bond acceptors (Lipinski definition) is 4. The first kappa shape index (κ1) is 17.8. The summed E-state index contributed by atoms with van der Waals surface area (Å²) in [6.07, 6.45) is 0.794. The third kappa shape index (κ3) is 3.37.